The molecule has 90 valence electrons. The second-order valence-corrected chi connectivity index (χ2v) is 5.00. The van der Waals surface area contributed by atoms with Gasteiger partial charge in [-0.25, -0.2) is 4.98 Å². The van der Waals surface area contributed by atoms with Gasteiger partial charge in [0.1, 0.15) is 5.82 Å². The Morgan fingerprint density at radius 1 is 1.38 bits per heavy atom. The maximum Gasteiger partial charge on any atom is 0.126 e. The Morgan fingerprint density at radius 3 is 2.81 bits per heavy atom. The molecule has 0 saturated carbocycles. The normalized spacial score (nSPS) is 10.8. The summed E-state index contributed by atoms with van der Waals surface area (Å²) in [4.78, 5) is 4.21. The molecule has 0 fully saturated rings. The average Bonchev–Trinajstić information content (AvgIpc) is 2.25. The molecule has 0 atom stereocenters. The Balaban J connectivity index is 2.05. The fourth-order valence-corrected chi connectivity index (χ4v) is 1.39. The largest absolute Gasteiger partial charge is 0.380 e. The summed E-state index contributed by atoms with van der Waals surface area (Å²) in [5.74, 6) is 1.59. The molecule has 1 aromatic rings. The lowest BCUT2D eigenvalue weighted by Crippen LogP contribution is -2.11. The van der Waals surface area contributed by atoms with Crippen LogP contribution in [0, 0.1) is 5.92 Å². The summed E-state index contributed by atoms with van der Waals surface area (Å²) >= 11 is 3.35. The zero-order chi connectivity index (χ0) is 11.8. The van der Waals surface area contributed by atoms with Gasteiger partial charge in [-0.1, -0.05) is 13.8 Å². The zero-order valence-electron chi connectivity index (χ0n) is 9.87. The highest BCUT2D eigenvalue weighted by Crippen LogP contribution is 2.09. The van der Waals surface area contributed by atoms with E-state index in [0.717, 1.165) is 36.5 Å². The minimum absolute atomic E-state index is 0.709. The molecule has 0 unspecified atom stereocenters. The van der Waals surface area contributed by atoms with Crippen molar-refractivity contribution in [3.8, 4) is 0 Å². The number of nitrogens with zero attached hydrogens (tertiary/aromatic N) is 1. The van der Waals surface area contributed by atoms with Gasteiger partial charge in [0.05, 0.1) is 6.61 Å². The van der Waals surface area contributed by atoms with E-state index in [0.29, 0.717) is 5.92 Å². The van der Waals surface area contributed by atoms with Crippen molar-refractivity contribution < 1.29 is 4.74 Å². The Labute approximate surface area is 106 Å². The molecule has 0 spiro atoms. The minimum Gasteiger partial charge on any atom is -0.380 e. The SMILES string of the molecule is CC(C)CCOCCNc1ccc(Br)cn1. The van der Waals surface area contributed by atoms with E-state index < -0.39 is 0 Å². The molecule has 4 heteroatoms. The maximum absolute atomic E-state index is 5.49. The molecule has 1 aromatic heterocycles. The second-order valence-electron chi connectivity index (χ2n) is 4.08. The molecule has 0 aliphatic carbocycles. The fraction of sp³-hybridized carbons (Fsp3) is 0.583. The Morgan fingerprint density at radius 2 is 2.19 bits per heavy atom. The molecular weight excluding hydrogens is 268 g/mol. The number of halogens is 1. The third-order valence-corrected chi connectivity index (χ3v) is 2.59. The standard InChI is InChI=1S/C12H19BrN2O/c1-10(2)5-7-16-8-6-14-12-4-3-11(13)9-15-12/h3-4,9-10H,5-8H2,1-2H3,(H,14,15). The van der Waals surface area contributed by atoms with Crippen molar-refractivity contribution in [2.24, 2.45) is 5.92 Å². The van der Waals surface area contributed by atoms with Gasteiger partial charge in [0.15, 0.2) is 0 Å². The fourth-order valence-electron chi connectivity index (χ4n) is 1.15. The van der Waals surface area contributed by atoms with Crippen LogP contribution < -0.4 is 5.32 Å². The lowest BCUT2D eigenvalue weighted by atomic mass is 10.1. The summed E-state index contributed by atoms with van der Waals surface area (Å²) in [5, 5.41) is 3.20. The van der Waals surface area contributed by atoms with Crippen molar-refractivity contribution in [2.45, 2.75) is 20.3 Å². The minimum atomic E-state index is 0.709. The molecule has 1 N–H and O–H groups in total. The quantitative estimate of drug-likeness (QED) is 0.781. The summed E-state index contributed by atoms with van der Waals surface area (Å²) in [7, 11) is 0. The lowest BCUT2D eigenvalue weighted by molar-refractivity contribution is 0.132. The summed E-state index contributed by atoms with van der Waals surface area (Å²) < 4.78 is 6.48. The predicted octanol–water partition coefficient (Wildman–Crippen LogP) is 3.32. The topological polar surface area (TPSA) is 34.1 Å². The molecule has 16 heavy (non-hydrogen) atoms. The number of hydrogen-bond acceptors (Lipinski definition) is 3. The van der Waals surface area contributed by atoms with Crippen molar-refractivity contribution in [1.82, 2.24) is 4.98 Å². The molecule has 0 saturated heterocycles. The molecule has 1 rings (SSSR count). The van der Waals surface area contributed by atoms with Gasteiger partial charge in [-0.15, -0.1) is 0 Å². The van der Waals surface area contributed by atoms with E-state index >= 15 is 0 Å². The Bertz CT molecular complexity index is 288. The van der Waals surface area contributed by atoms with Crippen molar-refractivity contribution in [1.29, 1.82) is 0 Å². The van der Waals surface area contributed by atoms with E-state index in [1.54, 1.807) is 6.20 Å². The number of ether oxygens (including phenoxy) is 1. The Hall–Kier alpha value is -0.610. The molecule has 0 aliphatic rings. The van der Waals surface area contributed by atoms with Crippen LogP contribution >= 0.6 is 15.9 Å². The van der Waals surface area contributed by atoms with Gasteiger partial charge < -0.3 is 10.1 Å². The van der Waals surface area contributed by atoms with Crippen LogP contribution in [0.25, 0.3) is 0 Å². The predicted molar refractivity (Wildman–Crippen MR) is 70.7 cm³/mol. The highest BCUT2D eigenvalue weighted by molar-refractivity contribution is 9.10. The van der Waals surface area contributed by atoms with Crippen LogP contribution in [0.15, 0.2) is 22.8 Å². The van der Waals surface area contributed by atoms with E-state index in [-0.39, 0.29) is 0 Å². The maximum atomic E-state index is 5.49. The van der Waals surface area contributed by atoms with Gasteiger partial charge in [-0.05, 0) is 40.4 Å². The molecule has 3 nitrogen and oxygen atoms in total. The average molecular weight is 287 g/mol. The molecule has 0 aliphatic heterocycles. The number of hydrogen-bond donors (Lipinski definition) is 1. The van der Waals surface area contributed by atoms with Crippen LogP contribution in [-0.2, 0) is 4.74 Å². The first kappa shape index (κ1) is 13.5. The first-order chi connectivity index (χ1) is 7.68. The van der Waals surface area contributed by atoms with Gasteiger partial charge in [0.2, 0.25) is 0 Å². The van der Waals surface area contributed by atoms with Crippen molar-refractivity contribution in [3.05, 3.63) is 22.8 Å². The van der Waals surface area contributed by atoms with Gasteiger partial charge in [-0.2, -0.15) is 0 Å². The number of aromatic nitrogens is 1. The number of nitrogens with one attached hydrogen (secondary N) is 1. The van der Waals surface area contributed by atoms with E-state index in [1.165, 1.54) is 0 Å². The van der Waals surface area contributed by atoms with Crippen LogP contribution in [0.4, 0.5) is 5.82 Å². The van der Waals surface area contributed by atoms with Crippen LogP contribution in [0.3, 0.4) is 0 Å². The third kappa shape index (κ3) is 6.08. The van der Waals surface area contributed by atoms with E-state index in [4.69, 9.17) is 4.74 Å². The molecule has 0 aromatic carbocycles. The Kier molecular flexibility index (Phi) is 6.42. The summed E-state index contributed by atoms with van der Waals surface area (Å²) in [6.45, 7) is 6.77. The third-order valence-electron chi connectivity index (χ3n) is 2.12. The molecular formula is C12H19BrN2O. The number of anilines is 1. The van der Waals surface area contributed by atoms with Crippen LogP contribution in [0.2, 0.25) is 0 Å². The number of rotatable bonds is 7. The lowest BCUT2D eigenvalue weighted by Gasteiger charge is -2.07. The summed E-state index contributed by atoms with van der Waals surface area (Å²) in [6, 6.07) is 3.91. The number of pyridine rings is 1. The van der Waals surface area contributed by atoms with Gasteiger partial charge in [-0.3, -0.25) is 0 Å². The second kappa shape index (κ2) is 7.63. The summed E-state index contributed by atoms with van der Waals surface area (Å²) in [5.41, 5.74) is 0. The monoisotopic (exact) mass is 286 g/mol. The van der Waals surface area contributed by atoms with E-state index in [2.05, 4.69) is 40.1 Å². The highest BCUT2D eigenvalue weighted by Gasteiger charge is 1.95. The molecule has 0 radical (unpaired) electrons. The first-order valence-corrected chi connectivity index (χ1v) is 6.41. The first-order valence-electron chi connectivity index (χ1n) is 5.61. The van der Waals surface area contributed by atoms with E-state index in [9.17, 15) is 0 Å². The highest BCUT2D eigenvalue weighted by atomic mass is 79.9. The van der Waals surface area contributed by atoms with Crippen molar-refractivity contribution in [3.63, 3.8) is 0 Å². The van der Waals surface area contributed by atoms with Crippen LogP contribution in [0.1, 0.15) is 20.3 Å². The van der Waals surface area contributed by atoms with Gasteiger partial charge in [0.25, 0.3) is 0 Å². The molecule has 1 heterocycles. The van der Waals surface area contributed by atoms with Crippen LogP contribution in [-0.4, -0.2) is 24.7 Å². The summed E-state index contributed by atoms with van der Waals surface area (Å²) in [6.07, 6.45) is 2.90. The van der Waals surface area contributed by atoms with Gasteiger partial charge >= 0.3 is 0 Å². The smallest absolute Gasteiger partial charge is 0.126 e. The zero-order valence-corrected chi connectivity index (χ0v) is 11.5. The van der Waals surface area contributed by atoms with Gasteiger partial charge in [0, 0.05) is 23.8 Å². The molecule has 0 amide bonds. The van der Waals surface area contributed by atoms with Crippen molar-refractivity contribution in [2.75, 3.05) is 25.1 Å². The van der Waals surface area contributed by atoms with Crippen LogP contribution in [0.5, 0.6) is 0 Å². The van der Waals surface area contributed by atoms with E-state index in [1.807, 2.05) is 12.1 Å². The van der Waals surface area contributed by atoms with Crippen molar-refractivity contribution >= 4 is 21.7 Å². The molecule has 0 bridgehead atoms.